The van der Waals surface area contributed by atoms with Gasteiger partial charge in [-0.1, -0.05) is 0 Å². The van der Waals surface area contributed by atoms with Crippen molar-refractivity contribution in [2.24, 2.45) is 0 Å². The first-order valence-corrected chi connectivity index (χ1v) is 9.18. The molecule has 146 valence electrons. The quantitative estimate of drug-likeness (QED) is 0.565. The summed E-state index contributed by atoms with van der Waals surface area (Å²) in [4.78, 5) is 9.92. The smallest absolute Gasteiger partial charge is 0.417 e. The lowest BCUT2D eigenvalue weighted by Gasteiger charge is -2.29. The van der Waals surface area contributed by atoms with Crippen LogP contribution in [-0.4, -0.2) is 40.9 Å². The molecule has 0 radical (unpaired) electrons. The van der Waals surface area contributed by atoms with Crippen molar-refractivity contribution in [2.45, 2.75) is 29.8 Å². The molecule has 1 aromatic heterocycles. The first-order valence-electron chi connectivity index (χ1n) is 7.74. The Kier molecular flexibility index (Phi) is 4.90. The number of halogens is 3. The highest BCUT2D eigenvalue weighted by Gasteiger charge is 2.39. The molecule has 1 saturated heterocycles. The second kappa shape index (κ2) is 6.88. The molecule has 27 heavy (non-hydrogen) atoms. The summed E-state index contributed by atoms with van der Waals surface area (Å²) in [7, 11) is -3.86. The summed E-state index contributed by atoms with van der Waals surface area (Å²) in [5, 5.41) is 17.0. The fourth-order valence-corrected chi connectivity index (χ4v) is 4.22. The zero-order chi connectivity index (χ0) is 19.8. The third-order valence-electron chi connectivity index (χ3n) is 4.17. The van der Waals surface area contributed by atoms with Crippen LogP contribution in [0.2, 0.25) is 0 Å². The predicted molar refractivity (Wildman–Crippen MR) is 83.1 cm³/mol. The number of nitrogens with zero attached hydrogens (tertiary/aromatic N) is 4. The molecular formula is C14H13F3N4O5S. The van der Waals surface area contributed by atoms with Gasteiger partial charge in [0.25, 0.3) is 5.69 Å². The van der Waals surface area contributed by atoms with Crippen LogP contribution in [0.4, 0.5) is 18.9 Å². The number of nitro benzene ring substituents is 1. The van der Waals surface area contributed by atoms with Crippen molar-refractivity contribution in [3.05, 3.63) is 46.2 Å². The highest BCUT2D eigenvalue weighted by molar-refractivity contribution is 7.89. The molecule has 0 spiro atoms. The van der Waals surface area contributed by atoms with Gasteiger partial charge in [-0.05, 0) is 25.0 Å². The molecule has 0 N–H and O–H groups in total. The van der Waals surface area contributed by atoms with E-state index in [0.717, 1.165) is 24.3 Å². The molecule has 0 aliphatic carbocycles. The number of sulfonamides is 1. The predicted octanol–water partition coefficient (Wildman–Crippen LogP) is 2.56. The maximum absolute atomic E-state index is 12.6. The van der Waals surface area contributed by atoms with Gasteiger partial charge in [0.1, 0.15) is 0 Å². The third kappa shape index (κ3) is 3.93. The van der Waals surface area contributed by atoms with Gasteiger partial charge < -0.3 is 4.42 Å². The lowest BCUT2D eigenvalue weighted by molar-refractivity contribution is -0.384. The highest BCUT2D eigenvalue weighted by atomic mass is 32.2. The molecular weight excluding hydrogens is 393 g/mol. The van der Waals surface area contributed by atoms with Crippen molar-refractivity contribution in [2.75, 3.05) is 13.1 Å². The van der Waals surface area contributed by atoms with Crippen molar-refractivity contribution >= 4 is 15.7 Å². The summed E-state index contributed by atoms with van der Waals surface area (Å²) in [6.45, 7) is 0.0986. The molecule has 2 aromatic rings. The van der Waals surface area contributed by atoms with E-state index in [-0.39, 0.29) is 42.4 Å². The van der Waals surface area contributed by atoms with Gasteiger partial charge in [-0.15, -0.1) is 10.2 Å². The molecule has 0 saturated carbocycles. The standard InChI is InChI=1S/C14H13F3N4O5S/c15-14(16,17)13-19-18-12(26-13)9-5-7-20(8-6-9)27(24,25)11-3-1-10(2-4-11)21(22)23/h1-4,9H,5-8H2. The number of benzene rings is 1. The minimum atomic E-state index is -4.73. The molecule has 1 aliphatic rings. The van der Waals surface area contributed by atoms with E-state index >= 15 is 0 Å². The van der Waals surface area contributed by atoms with E-state index in [1.807, 2.05) is 0 Å². The molecule has 13 heteroatoms. The monoisotopic (exact) mass is 406 g/mol. The lowest BCUT2D eigenvalue weighted by Crippen LogP contribution is -2.37. The van der Waals surface area contributed by atoms with E-state index in [4.69, 9.17) is 0 Å². The zero-order valence-corrected chi connectivity index (χ0v) is 14.4. The van der Waals surface area contributed by atoms with Gasteiger partial charge in [-0.2, -0.15) is 17.5 Å². The van der Waals surface area contributed by atoms with Gasteiger partial charge in [0.05, 0.1) is 9.82 Å². The van der Waals surface area contributed by atoms with Crippen molar-refractivity contribution in [1.82, 2.24) is 14.5 Å². The largest absolute Gasteiger partial charge is 0.470 e. The van der Waals surface area contributed by atoms with Crippen molar-refractivity contribution in [3.8, 4) is 0 Å². The molecule has 0 unspecified atom stereocenters. The van der Waals surface area contributed by atoms with E-state index < -0.39 is 32.9 Å². The van der Waals surface area contributed by atoms with Crippen LogP contribution in [0.15, 0.2) is 33.6 Å². The summed E-state index contributed by atoms with van der Waals surface area (Å²) in [5.74, 6) is -2.08. The molecule has 1 aliphatic heterocycles. The van der Waals surface area contributed by atoms with Crippen molar-refractivity contribution < 1.29 is 30.9 Å². The Bertz CT molecular complexity index is 934. The number of aromatic nitrogens is 2. The lowest BCUT2D eigenvalue weighted by atomic mass is 9.98. The second-order valence-corrected chi connectivity index (χ2v) is 7.81. The summed E-state index contributed by atoms with van der Waals surface area (Å²) in [6, 6.07) is 4.48. The molecule has 0 atom stereocenters. The van der Waals surface area contributed by atoms with Crippen LogP contribution < -0.4 is 0 Å². The number of hydrogen-bond donors (Lipinski definition) is 0. The minimum Gasteiger partial charge on any atom is -0.417 e. The molecule has 9 nitrogen and oxygen atoms in total. The number of hydrogen-bond acceptors (Lipinski definition) is 7. The SMILES string of the molecule is O=[N+]([O-])c1ccc(S(=O)(=O)N2CCC(c3nnc(C(F)(F)F)o3)CC2)cc1. The Balaban J connectivity index is 1.69. The zero-order valence-electron chi connectivity index (χ0n) is 13.6. The maximum atomic E-state index is 12.6. The maximum Gasteiger partial charge on any atom is 0.470 e. The number of rotatable bonds is 4. The summed E-state index contributed by atoms with van der Waals surface area (Å²) in [6.07, 6.45) is -4.30. The number of piperidine rings is 1. The van der Waals surface area contributed by atoms with Gasteiger partial charge in [0, 0.05) is 31.1 Å². The number of nitro groups is 1. The molecule has 3 rings (SSSR count). The van der Waals surface area contributed by atoms with E-state index in [2.05, 4.69) is 14.6 Å². The van der Waals surface area contributed by atoms with Gasteiger partial charge >= 0.3 is 12.1 Å². The molecule has 0 amide bonds. The number of non-ortho nitro benzene ring substituents is 1. The van der Waals surface area contributed by atoms with E-state index in [9.17, 15) is 31.7 Å². The molecule has 0 bridgehead atoms. The Hall–Kier alpha value is -2.54. The fourth-order valence-electron chi connectivity index (χ4n) is 2.75. The first kappa shape index (κ1) is 19.2. The topological polar surface area (TPSA) is 119 Å². The highest BCUT2D eigenvalue weighted by Crippen LogP contribution is 2.33. The van der Waals surface area contributed by atoms with Crippen LogP contribution in [0.5, 0.6) is 0 Å². The Morgan fingerprint density at radius 2 is 1.74 bits per heavy atom. The van der Waals surface area contributed by atoms with Crippen LogP contribution >= 0.6 is 0 Å². The molecule has 2 heterocycles. The van der Waals surface area contributed by atoms with Gasteiger partial charge in [0.2, 0.25) is 15.9 Å². The first-order chi connectivity index (χ1) is 12.6. The van der Waals surface area contributed by atoms with Gasteiger partial charge in [-0.25, -0.2) is 8.42 Å². The average molecular weight is 406 g/mol. The van der Waals surface area contributed by atoms with Crippen LogP contribution in [0.3, 0.4) is 0 Å². The summed E-state index contributed by atoms with van der Waals surface area (Å²) < 4.78 is 68.6. The van der Waals surface area contributed by atoms with Crippen molar-refractivity contribution in [3.63, 3.8) is 0 Å². The molecule has 1 aromatic carbocycles. The Morgan fingerprint density at radius 3 is 2.22 bits per heavy atom. The van der Waals surface area contributed by atoms with Crippen LogP contribution in [-0.2, 0) is 16.2 Å². The minimum absolute atomic E-state index is 0.0493. The molecule has 1 fully saturated rings. The van der Waals surface area contributed by atoms with Crippen LogP contribution in [0.25, 0.3) is 0 Å². The van der Waals surface area contributed by atoms with Crippen molar-refractivity contribution in [1.29, 1.82) is 0 Å². The average Bonchev–Trinajstić information content (AvgIpc) is 3.12. The Morgan fingerprint density at radius 1 is 1.15 bits per heavy atom. The normalized spacial score (nSPS) is 17.1. The van der Waals surface area contributed by atoms with Crippen LogP contribution in [0.1, 0.15) is 30.5 Å². The van der Waals surface area contributed by atoms with Gasteiger partial charge in [-0.3, -0.25) is 10.1 Å². The number of alkyl halides is 3. The fraction of sp³-hybridized carbons (Fsp3) is 0.429. The second-order valence-electron chi connectivity index (χ2n) is 5.87. The van der Waals surface area contributed by atoms with Gasteiger partial charge in [0.15, 0.2) is 0 Å². The van der Waals surface area contributed by atoms with E-state index in [1.165, 1.54) is 4.31 Å². The summed E-state index contributed by atoms with van der Waals surface area (Å²) in [5.41, 5.74) is -0.232. The van der Waals surface area contributed by atoms with Crippen LogP contribution in [0, 0.1) is 10.1 Å². The summed E-state index contributed by atoms with van der Waals surface area (Å²) >= 11 is 0. The van der Waals surface area contributed by atoms with E-state index in [1.54, 1.807) is 0 Å². The third-order valence-corrected chi connectivity index (χ3v) is 6.08. The van der Waals surface area contributed by atoms with E-state index in [0.29, 0.717) is 0 Å². The Labute approximate surface area is 151 Å².